The van der Waals surface area contributed by atoms with E-state index in [9.17, 15) is 14.9 Å². The summed E-state index contributed by atoms with van der Waals surface area (Å²) in [6, 6.07) is 20.8. The number of fused-ring (bicyclic) bond motifs is 1. The van der Waals surface area contributed by atoms with E-state index < -0.39 is 10.8 Å². The molecule has 0 radical (unpaired) electrons. The highest BCUT2D eigenvalue weighted by Gasteiger charge is 2.17. The van der Waals surface area contributed by atoms with Gasteiger partial charge in [0.1, 0.15) is 5.75 Å². The van der Waals surface area contributed by atoms with E-state index in [0.29, 0.717) is 16.4 Å². The van der Waals surface area contributed by atoms with Gasteiger partial charge in [0.05, 0.1) is 28.5 Å². The number of hydrogen-bond acceptors (Lipinski definition) is 7. The van der Waals surface area contributed by atoms with E-state index in [1.165, 1.54) is 34.6 Å². The van der Waals surface area contributed by atoms with Crippen LogP contribution in [0.4, 0.5) is 10.8 Å². The number of benzene rings is 3. The zero-order valence-electron chi connectivity index (χ0n) is 17.5. The number of nitro groups is 1. The summed E-state index contributed by atoms with van der Waals surface area (Å²) in [5.41, 5.74) is 2.19. The first-order valence-corrected chi connectivity index (χ1v) is 10.7. The first-order chi connectivity index (χ1) is 16.0. The average Bonchev–Trinajstić information content (AvgIpc) is 3.26. The van der Waals surface area contributed by atoms with Crippen LogP contribution in [0.2, 0.25) is 0 Å². The summed E-state index contributed by atoms with van der Waals surface area (Å²) in [7, 11) is 1.59. The van der Waals surface area contributed by atoms with Crippen LogP contribution in [0.5, 0.6) is 5.75 Å². The number of ether oxygens (including phenoxy) is 1. The van der Waals surface area contributed by atoms with Crippen LogP contribution in [0.25, 0.3) is 16.3 Å². The van der Waals surface area contributed by atoms with Crippen molar-refractivity contribution in [2.24, 2.45) is 5.10 Å². The van der Waals surface area contributed by atoms with Gasteiger partial charge in [0.15, 0.2) is 0 Å². The van der Waals surface area contributed by atoms with Gasteiger partial charge >= 0.3 is 0 Å². The molecule has 33 heavy (non-hydrogen) atoms. The number of anilines is 1. The Kier molecular flexibility index (Phi) is 6.51. The van der Waals surface area contributed by atoms with E-state index in [1.807, 2.05) is 42.5 Å². The largest absolute Gasteiger partial charge is 0.497 e. The summed E-state index contributed by atoms with van der Waals surface area (Å²) >= 11 is 1.32. The standard InChI is InChI=1S/C24H18N4O4S/c1-32-20-12-13-21-22(15-20)33-24(26-21)27(25-16-18-5-3-2-4-6-18)23(29)14-9-17-7-10-19(11-8-17)28(30)31/h2-16H,1H3/b14-9+,25-16+. The molecule has 4 aromatic rings. The lowest BCUT2D eigenvalue weighted by Gasteiger charge is -2.11. The number of non-ortho nitro benzene ring substituents is 1. The third-order valence-electron chi connectivity index (χ3n) is 4.62. The minimum Gasteiger partial charge on any atom is -0.497 e. The number of rotatable bonds is 7. The molecule has 0 bridgehead atoms. The molecule has 8 nitrogen and oxygen atoms in total. The van der Waals surface area contributed by atoms with Crippen molar-refractivity contribution in [3.63, 3.8) is 0 Å². The zero-order chi connectivity index (χ0) is 23.2. The molecule has 0 fully saturated rings. The molecular formula is C24H18N4O4S. The fraction of sp³-hybridized carbons (Fsp3) is 0.0417. The summed E-state index contributed by atoms with van der Waals surface area (Å²) < 4.78 is 6.13. The lowest BCUT2D eigenvalue weighted by atomic mass is 10.2. The van der Waals surface area contributed by atoms with Gasteiger partial charge in [-0.3, -0.25) is 14.9 Å². The Hall–Kier alpha value is -4.37. The van der Waals surface area contributed by atoms with Gasteiger partial charge in [0.25, 0.3) is 11.6 Å². The van der Waals surface area contributed by atoms with Crippen LogP contribution in [-0.2, 0) is 4.79 Å². The van der Waals surface area contributed by atoms with Gasteiger partial charge in [0, 0.05) is 18.2 Å². The topological polar surface area (TPSA) is 97.9 Å². The molecule has 0 saturated heterocycles. The average molecular weight is 458 g/mol. The van der Waals surface area contributed by atoms with Crippen LogP contribution in [0.15, 0.2) is 84.0 Å². The molecule has 4 rings (SSSR count). The second-order valence-electron chi connectivity index (χ2n) is 6.82. The van der Waals surface area contributed by atoms with Crippen molar-refractivity contribution in [2.45, 2.75) is 0 Å². The van der Waals surface area contributed by atoms with Gasteiger partial charge in [-0.2, -0.15) is 10.1 Å². The van der Waals surface area contributed by atoms with Crippen LogP contribution in [0, 0.1) is 10.1 Å². The minimum atomic E-state index is -0.471. The summed E-state index contributed by atoms with van der Waals surface area (Å²) in [6.07, 6.45) is 4.52. The van der Waals surface area contributed by atoms with Crippen LogP contribution in [-0.4, -0.2) is 29.1 Å². The Morgan fingerprint density at radius 1 is 1.09 bits per heavy atom. The lowest BCUT2D eigenvalue weighted by Crippen LogP contribution is -2.23. The number of nitrogens with zero attached hydrogens (tertiary/aromatic N) is 4. The number of aromatic nitrogens is 1. The Morgan fingerprint density at radius 2 is 1.85 bits per heavy atom. The van der Waals surface area contributed by atoms with Gasteiger partial charge in [0.2, 0.25) is 5.13 Å². The molecule has 0 aliphatic heterocycles. The van der Waals surface area contributed by atoms with E-state index >= 15 is 0 Å². The quantitative estimate of drug-likeness (QED) is 0.162. The number of carbonyl (C=O) groups is 1. The van der Waals surface area contributed by atoms with Crippen LogP contribution >= 0.6 is 11.3 Å². The number of carbonyl (C=O) groups excluding carboxylic acids is 1. The molecule has 0 aliphatic carbocycles. The Morgan fingerprint density at radius 3 is 2.55 bits per heavy atom. The first-order valence-electron chi connectivity index (χ1n) is 9.84. The van der Waals surface area contributed by atoms with E-state index in [2.05, 4.69) is 10.1 Å². The van der Waals surface area contributed by atoms with Crippen LogP contribution < -0.4 is 9.75 Å². The highest BCUT2D eigenvalue weighted by Crippen LogP contribution is 2.32. The molecule has 1 heterocycles. The number of methoxy groups -OCH3 is 1. The summed E-state index contributed by atoms with van der Waals surface area (Å²) in [5.74, 6) is 0.285. The molecule has 3 aromatic carbocycles. The maximum atomic E-state index is 13.1. The van der Waals surface area contributed by atoms with Crippen molar-refractivity contribution < 1.29 is 14.5 Å². The zero-order valence-corrected chi connectivity index (χ0v) is 18.3. The van der Waals surface area contributed by atoms with Crippen molar-refractivity contribution in [2.75, 3.05) is 12.1 Å². The Labute approximate surface area is 193 Å². The van der Waals surface area contributed by atoms with Crippen LogP contribution in [0.1, 0.15) is 11.1 Å². The Bertz CT molecular complexity index is 1350. The third kappa shape index (κ3) is 5.28. The minimum absolute atomic E-state index is 0.0162. The molecule has 0 aliphatic rings. The van der Waals surface area contributed by atoms with Crippen molar-refractivity contribution >= 4 is 50.6 Å². The molecule has 1 aromatic heterocycles. The Balaban J connectivity index is 1.65. The number of nitro benzene ring substituents is 1. The van der Waals surface area contributed by atoms with Crippen molar-refractivity contribution in [1.29, 1.82) is 0 Å². The summed E-state index contributed by atoms with van der Waals surface area (Å²) in [5, 5.41) is 16.8. The van der Waals surface area contributed by atoms with E-state index in [1.54, 1.807) is 37.6 Å². The maximum absolute atomic E-state index is 13.1. The van der Waals surface area contributed by atoms with Gasteiger partial charge in [-0.25, -0.2) is 4.98 Å². The first kappa shape index (κ1) is 21.8. The lowest BCUT2D eigenvalue weighted by molar-refractivity contribution is -0.384. The van der Waals surface area contributed by atoms with Crippen molar-refractivity contribution in [3.8, 4) is 5.75 Å². The highest BCUT2D eigenvalue weighted by atomic mass is 32.1. The van der Waals surface area contributed by atoms with E-state index in [4.69, 9.17) is 4.74 Å². The molecule has 9 heteroatoms. The molecule has 0 saturated carbocycles. The molecule has 1 amide bonds. The van der Waals surface area contributed by atoms with Gasteiger partial charge < -0.3 is 4.74 Å². The molecular weight excluding hydrogens is 440 g/mol. The summed E-state index contributed by atoms with van der Waals surface area (Å²) in [6.45, 7) is 0. The molecule has 0 N–H and O–H groups in total. The van der Waals surface area contributed by atoms with Crippen molar-refractivity contribution in [3.05, 3.63) is 100 Å². The van der Waals surface area contributed by atoms with Crippen LogP contribution in [0.3, 0.4) is 0 Å². The fourth-order valence-electron chi connectivity index (χ4n) is 2.92. The van der Waals surface area contributed by atoms with Gasteiger partial charge in [-0.15, -0.1) is 0 Å². The maximum Gasteiger partial charge on any atom is 0.273 e. The monoisotopic (exact) mass is 458 g/mol. The molecule has 164 valence electrons. The van der Waals surface area contributed by atoms with E-state index in [-0.39, 0.29) is 5.69 Å². The smallest absolute Gasteiger partial charge is 0.273 e. The normalized spacial score (nSPS) is 11.3. The molecule has 0 spiro atoms. The predicted octanol–water partition coefficient (Wildman–Crippen LogP) is 5.29. The number of hydrazone groups is 1. The number of hydrogen-bond donors (Lipinski definition) is 0. The highest BCUT2D eigenvalue weighted by molar-refractivity contribution is 7.22. The number of thiazole rings is 1. The molecule has 0 unspecified atom stereocenters. The predicted molar refractivity (Wildman–Crippen MR) is 130 cm³/mol. The SMILES string of the molecule is COc1ccc2nc(N(/N=C/c3ccccc3)C(=O)/C=C/c3ccc([N+](=O)[O-])cc3)sc2c1. The van der Waals surface area contributed by atoms with Gasteiger partial charge in [-0.05, 0) is 47.5 Å². The summed E-state index contributed by atoms with van der Waals surface area (Å²) in [4.78, 5) is 28.0. The second-order valence-corrected chi connectivity index (χ2v) is 7.83. The van der Waals surface area contributed by atoms with Crippen molar-refractivity contribution in [1.82, 2.24) is 4.98 Å². The fourth-order valence-corrected chi connectivity index (χ4v) is 3.88. The second kappa shape index (κ2) is 9.84. The molecule has 0 atom stereocenters. The third-order valence-corrected chi connectivity index (χ3v) is 5.61. The van der Waals surface area contributed by atoms with Gasteiger partial charge in [-0.1, -0.05) is 41.7 Å². The number of amides is 1. The van der Waals surface area contributed by atoms with E-state index in [0.717, 1.165) is 15.8 Å².